The maximum Gasteiger partial charge on any atom is 0.164 e. The van der Waals surface area contributed by atoms with Crippen molar-refractivity contribution in [2.24, 2.45) is 0 Å². The Hall–Kier alpha value is -0.506. The summed E-state index contributed by atoms with van der Waals surface area (Å²) in [5.74, 6) is 3.28. The summed E-state index contributed by atoms with van der Waals surface area (Å²) in [6.45, 7) is 6.48. The molecule has 1 spiro atoms. The minimum atomic E-state index is 0. The largest absolute Gasteiger partial charge is 0.493 e. The number of rotatable bonds is 1. The summed E-state index contributed by atoms with van der Waals surface area (Å²) >= 11 is 0. The molecule has 4 heteroatoms. The summed E-state index contributed by atoms with van der Waals surface area (Å²) in [6, 6.07) is 2.14. The molecule has 0 N–H and O–H groups in total. The zero-order chi connectivity index (χ0) is 15.5. The second-order valence-electron chi connectivity index (χ2n) is 7.10. The summed E-state index contributed by atoms with van der Waals surface area (Å²) in [4.78, 5) is 2.43. The molecule has 3 aliphatic rings. The van der Waals surface area contributed by atoms with Crippen LogP contribution in [0.4, 0.5) is 0 Å². The van der Waals surface area contributed by atoms with Gasteiger partial charge in [-0.2, -0.15) is 0 Å². The third-order valence-electron chi connectivity index (χ3n) is 5.60. The molecule has 121 valence electrons. The molecule has 0 bridgehead atoms. The molecule has 1 aromatic rings. The smallest absolute Gasteiger partial charge is 0.164 e. The molecule has 0 fully saturated rings. The molecular weight excluding hydrogens is 363 g/mol. The number of nitrogens with zero attached hydrogens (tertiary/aromatic N) is 1. The first-order valence-corrected chi connectivity index (χ1v) is 8.13. The molecule has 23 heavy (non-hydrogen) atoms. The summed E-state index contributed by atoms with van der Waals surface area (Å²) in [6.07, 6.45) is 7.05. The third kappa shape index (κ3) is 2.47. The van der Waals surface area contributed by atoms with E-state index in [1.165, 1.54) is 22.6 Å². The number of hydrogen-bond acceptors (Lipinski definition) is 3. The molecule has 0 unspecified atom stereocenters. The van der Waals surface area contributed by atoms with E-state index in [2.05, 4.69) is 44.0 Å². The number of hydrogen-bond donors (Lipinski definition) is 0. The van der Waals surface area contributed by atoms with Crippen LogP contribution in [-0.4, -0.2) is 31.7 Å². The number of ether oxygens (including phenoxy) is 2. The molecule has 0 amide bonds. The Kier molecular flexibility index (Phi) is 4.59. The van der Waals surface area contributed by atoms with E-state index in [-0.39, 0.29) is 44.2 Å². The predicted molar refractivity (Wildman–Crippen MR) is 87.5 cm³/mol. The Bertz CT molecular complexity index is 657. The fourth-order valence-corrected chi connectivity index (χ4v) is 4.34. The van der Waals surface area contributed by atoms with Crippen LogP contribution in [-0.2, 0) is 44.7 Å². The SMILES string of the molecule is COc1cc(C)c2c3c1O[C@@H]1C[C-](C)C=C[C@]31CCN(C)C2.[Y]. The van der Waals surface area contributed by atoms with Crippen LogP contribution in [0.25, 0.3) is 0 Å². The molecule has 0 aromatic heterocycles. The molecule has 4 rings (SSSR count). The van der Waals surface area contributed by atoms with Gasteiger partial charge in [-0.3, -0.25) is 0 Å². The van der Waals surface area contributed by atoms with Crippen LogP contribution in [0.3, 0.4) is 0 Å². The van der Waals surface area contributed by atoms with Crippen LogP contribution in [0, 0.1) is 12.8 Å². The molecule has 0 saturated carbocycles. The van der Waals surface area contributed by atoms with Crippen molar-refractivity contribution in [2.75, 3.05) is 20.7 Å². The van der Waals surface area contributed by atoms with Crippen molar-refractivity contribution in [3.05, 3.63) is 40.8 Å². The topological polar surface area (TPSA) is 21.7 Å². The van der Waals surface area contributed by atoms with Crippen LogP contribution < -0.4 is 9.47 Å². The monoisotopic (exact) mass is 387 g/mol. The Morgan fingerprint density at radius 3 is 2.96 bits per heavy atom. The summed E-state index contributed by atoms with van der Waals surface area (Å²) in [7, 11) is 3.96. The van der Waals surface area contributed by atoms with Gasteiger partial charge in [0, 0.05) is 39.3 Å². The van der Waals surface area contributed by atoms with Gasteiger partial charge in [-0.25, -0.2) is 18.1 Å². The van der Waals surface area contributed by atoms with E-state index in [0.29, 0.717) is 0 Å². The average Bonchev–Trinajstić information content (AvgIpc) is 2.74. The van der Waals surface area contributed by atoms with Gasteiger partial charge in [-0.15, -0.1) is 6.92 Å². The zero-order valence-corrected chi connectivity index (χ0v) is 17.3. The Labute approximate surface area is 164 Å². The van der Waals surface area contributed by atoms with Crippen LogP contribution in [0.5, 0.6) is 11.5 Å². The van der Waals surface area contributed by atoms with Gasteiger partial charge in [0.15, 0.2) is 11.5 Å². The van der Waals surface area contributed by atoms with Crippen molar-refractivity contribution in [1.29, 1.82) is 0 Å². The van der Waals surface area contributed by atoms with E-state index in [9.17, 15) is 0 Å². The second-order valence-corrected chi connectivity index (χ2v) is 7.10. The Morgan fingerprint density at radius 1 is 1.43 bits per heavy atom. The summed E-state index contributed by atoms with van der Waals surface area (Å²) in [5.41, 5.74) is 4.16. The van der Waals surface area contributed by atoms with Crippen LogP contribution in [0.1, 0.15) is 36.5 Å². The van der Waals surface area contributed by atoms with Crippen molar-refractivity contribution < 1.29 is 42.2 Å². The minimum absolute atomic E-state index is 0. The van der Waals surface area contributed by atoms with E-state index in [1.807, 2.05) is 0 Å². The second kappa shape index (κ2) is 6.09. The number of allylic oxidation sites excluding steroid dienone is 1. The van der Waals surface area contributed by atoms with Crippen LogP contribution in [0.15, 0.2) is 18.2 Å². The Morgan fingerprint density at radius 2 is 2.22 bits per heavy atom. The molecule has 3 nitrogen and oxygen atoms in total. The fourth-order valence-electron chi connectivity index (χ4n) is 4.34. The van der Waals surface area contributed by atoms with Gasteiger partial charge >= 0.3 is 0 Å². The Balaban J connectivity index is 0.00000156. The van der Waals surface area contributed by atoms with Crippen molar-refractivity contribution in [2.45, 2.75) is 44.8 Å². The zero-order valence-electron chi connectivity index (χ0n) is 14.5. The van der Waals surface area contributed by atoms with E-state index < -0.39 is 0 Å². The van der Waals surface area contributed by atoms with Crippen LogP contribution >= 0.6 is 0 Å². The third-order valence-corrected chi connectivity index (χ3v) is 5.60. The first kappa shape index (κ1) is 17.3. The summed E-state index contributed by atoms with van der Waals surface area (Å²) < 4.78 is 12.1. The van der Waals surface area contributed by atoms with Crippen molar-refractivity contribution in [1.82, 2.24) is 4.90 Å². The van der Waals surface area contributed by atoms with E-state index in [1.54, 1.807) is 7.11 Å². The van der Waals surface area contributed by atoms with Gasteiger partial charge in [0.2, 0.25) is 0 Å². The van der Waals surface area contributed by atoms with Gasteiger partial charge in [-0.05, 0) is 55.1 Å². The predicted octanol–water partition coefficient (Wildman–Crippen LogP) is 3.39. The number of benzene rings is 1. The molecule has 1 aliphatic carbocycles. The molecular formula is C19H24NO2Y-. The first-order chi connectivity index (χ1) is 10.5. The van der Waals surface area contributed by atoms with Gasteiger partial charge in [0.25, 0.3) is 0 Å². The normalized spacial score (nSPS) is 28.3. The standard InChI is InChI=1S/C19H24NO2.Y/c1-12-5-6-19-7-8-20(3)11-14-13(2)10-15(21-4)18(17(14)19)22-16(19)9-12;/h5-6,10,16H,7-9,11H2,1-4H3;/q-1;/t16-,19-;/m1./s1. The number of aryl methyl sites for hydroxylation is 1. The van der Waals surface area contributed by atoms with Crippen LogP contribution in [0.2, 0.25) is 0 Å². The molecule has 0 saturated heterocycles. The van der Waals surface area contributed by atoms with E-state index >= 15 is 0 Å². The van der Waals surface area contributed by atoms with Gasteiger partial charge in [0.1, 0.15) is 0 Å². The first-order valence-electron chi connectivity index (χ1n) is 8.13. The van der Waals surface area contributed by atoms with Crippen molar-refractivity contribution in [3.63, 3.8) is 0 Å². The minimum Gasteiger partial charge on any atom is -0.493 e. The van der Waals surface area contributed by atoms with E-state index in [4.69, 9.17) is 9.47 Å². The van der Waals surface area contributed by atoms with Gasteiger partial charge in [-0.1, -0.05) is 6.42 Å². The van der Waals surface area contributed by atoms with Gasteiger partial charge in [0.05, 0.1) is 13.2 Å². The summed E-state index contributed by atoms with van der Waals surface area (Å²) in [5, 5.41) is 0. The molecule has 2 atom stereocenters. The molecule has 2 heterocycles. The average molecular weight is 387 g/mol. The quantitative estimate of drug-likeness (QED) is 0.690. The van der Waals surface area contributed by atoms with Crippen molar-refractivity contribution >= 4 is 0 Å². The maximum atomic E-state index is 6.45. The molecule has 1 radical (unpaired) electrons. The van der Waals surface area contributed by atoms with Gasteiger partial charge < -0.3 is 14.4 Å². The van der Waals surface area contributed by atoms with Crippen molar-refractivity contribution in [3.8, 4) is 11.5 Å². The maximum absolute atomic E-state index is 6.45. The fraction of sp³-hybridized carbons (Fsp3) is 0.526. The van der Waals surface area contributed by atoms with E-state index in [0.717, 1.165) is 37.4 Å². The molecule has 1 aromatic carbocycles. The number of methoxy groups -OCH3 is 1. The molecule has 2 aliphatic heterocycles.